The number of nitrogen functional groups attached to an aromatic ring is 1. The number of nitrogens with zero attached hydrogens (tertiary/aromatic N) is 3. The summed E-state index contributed by atoms with van der Waals surface area (Å²) in [6.07, 6.45) is 4.45. The highest BCUT2D eigenvalue weighted by molar-refractivity contribution is 6.04. The van der Waals surface area contributed by atoms with Gasteiger partial charge in [-0.3, -0.25) is 4.79 Å². The normalized spacial score (nSPS) is 10.5. The molecule has 0 spiro atoms. The molecule has 3 N–H and O–H groups in total. The van der Waals surface area contributed by atoms with Gasteiger partial charge in [0.1, 0.15) is 12.1 Å². The quantitative estimate of drug-likeness (QED) is 0.874. The first-order chi connectivity index (χ1) is 9.06. The van der Waals surface area contributed by atoms with E-state index in [1.54, 1.807) is 12.1 Å². The second-order valence-corrected chi connectivity index (χ2v) is 4.44. The second-order valence-electron chi connectivity index (χ2n) is 4.44. The molecule has 19 heavy (non-hydrogen) atoms. The van der Waals surface area contributed by atoms with E-state index in [9.17, 15) is 4.79 Å². The molecule has 2 heterocycles. The van der Waals surface area contributed by atoms with E-state index in [2.05, 4.69) is 20.3 Å². The first-order valence-corrected chi connectivity index (χ1v) is 5.90. The maximum Gasteiger partial charge on any atom is 0.255 e. The summed E-state index contributed by atoms with van der Waals surface area (Å²) in [4.78, 5) is 24.0. The molecule has 0 atom stereocenters. The van der Waals surface area contributed by atoms with E-state index in [-0.39, 0.29) is 11.8 Å². The van der Waals surface area contributed by atoms with Gasteiger partial charge in [0.25, 0.3) is 5.91 Å². The Balaban J connectivity index is 2.24. The SMILES string of the molecule is CC(C)c1cc(C(=O)Nc2cncnc2)cc(N)n1. The summed E-state index contributed by atoms with van der Waals surface area (Å²) in [7, 11) is 0. The highest BCUT2D eigenvalue weighted by Crippen LogP contribution is 2.17. The summed E-state index contributed by atoms with van der Waals surface area (Å²) in [5.41, 5.74) is 7.51. The summed E-state index contributed by atoms with van der Waals surface area (Å²) < 4.78 is 0. The van der Waals surface area contributed by atoms with Crippen molar-refractivity contribution < 1.29 is 4.79 Å². The zero-order chi connectivity index (χ0) is 13.8. The number of nitrogens with two attached hydrogens (primary N) is 1. The summed E-state index contributed by atoms with van der Waals surface area (Å²) in [5, 5.41) is 2.70. The number of carbonyl (C=O) groups is 1. The van der Waals surface area contributed by atoms with E-state index in [0.29, 0.717) is 17.1 Å². The van der Waals surface area contributed by atoms with Gasteiger partial charge in [-0.1, -0.05) is 13.8 Å². The van der Waals surface area contributed by atoms with Crippen molar-refractivity contribution in [2.75, 3.05) is 11.1 Å². The number of aromatic nitrogens is 3. The van der Waals surface area contributed by atoms with E-state index >= 15 is 0 Å². The lowest BCUT2D eigenvalue weighted by Crippen LogP contribution is -2.14. The van der Waals surface area contributed by atoms with Gasteiger partial charge in [0.15, 0.2) is 0 Å². The third-order valence-corrected chi connectivity index (χ3v) is 2.54. The van der Waals surface area contributed by atoms with Crippen LogP contribution in [-0.4, -0.2) is 20.9 Å². The average molecular weight is 257 g/mol. The fraction of sp³-hybridized carbons (Fsp3) is 0.231. The molecule has 0 aromatic carbocycles. The van der Waals surface area contributed by atoms with Gasteiger partial charge in [-0.15, -0.1) is 0 Å². The Morgan fingerprint density at radius 2 is 1.95 bits per heavy atom. The first kappa shape index (κ1) is 12.9. The van der Waals surface area contributed by atoms with Crippen LogP contribution in [0.5, 0.6) is 0 Å². The summed E-state index contributed by atoms with van der Waals surface area (Å²) in [6.45, 7) is 3.99. The molecule has 1 amide bonds. The fourth-order valence-electron chi connectivity index (χ4n) is 1.57. The van der Waals surface area contributed by atoms with Gasteiger partial charge in [-0.25, -0.2) is 15.0 Å². The molecule has 0 aliphatic carbocycles. The molecular formula is C13H15N5O. The zero-order valence-electron chi connectivity index (χ0n) is 10.8. The molecule has 0 unspecified atom stereocenters. The third kappa shape index (κ3) is 3.25. The summed E-state index contributed by atoms with van der Waals surface area (Å²) in [6, 6.07) is 3.28. The van der Waals surface area contributed by atoms with Crippen LogP contribution in [0.25, 0.3) is 0 Å². The third-order valence-electron chi connectivity index (χ3n) is 2.54. The number of hydrogen-bond donors (Lipinski definition) is 2. The smallest absolute Gasteiger partial charge is 0.255 e. The van der Waals surface area contributed by atoms with E-state index in [1.807, 2.05) is 13.8 Å². The number of carbonyl (C=O) groups excluding carboxylic acids is 1. The van der Waals surface area contributed by atoms with Gasteiger partial charge in [0, 0.05) is 11.3 Å². The molecule has 0 saturated heterocycles. The number of anilines is 2. The zero-order valence-corrected chi connectivity index (χ0v) is 10.8. The Morgan fingerprint density at radius 3 is 2.58 bits per heavy atom. The molecular weight excluding hydrogens is 242 g/mol. The molecule has 0 saturated carbocycles. The van der Waals surface area contributed by atoms with Gasteiger partial charge in [0.2, 0.25) is 0 Å². The molecule has 2 rings (SSSR count). The van der Waals surface area contributed by atoms with Crippen molar-refractivity contribution in [2.45, 2.75) is 19.8 Å². The van der Waals surface area contributed by atoms with Crippen LogP contribution in [0.4, 0.5) is 11.5 Å². The van der Waals surface area contributed by atoms with Crippen molar-refractivity contribution in [1.82, 2.24) is 15.0 Å². The average Bonchev–Trinajstić information content (AvgIpc) is 2.39. The van der Waals surface area contributed by atoms with Crippen molar-refractivity contribution in [1.29, 1.82) is 0 Å². The van der Waals surface area contributed by atoms with Crippen LogP contribution in [0.15, 0.2) is 30.9 Å². The highest BCUT2D eigenvalue weighted by atomic mass is 16.1. The van der Waals surface area contributed by atoms with Gasteiger partial charge >= 0.3 is 0 Å². The van der Waals surface area contributed by atoms with Gasteiger partial charge < -0.3 is 11.1 Å². The summed E-state index contributed by atoms with van der Waals surface area (Å²) in [5.74, 6) is 0.279. The Bertz CT molecular complexity index is 583. The second kappa shape index (κ2) is 5.43. The molecule has 2 aromatic heterocycles. The van der Waals surface area contributed by atoms with Crippen LogP contribution >= 0.6 is 0 Å². The minimum absolute atomic E-state index is 0.204. The van der Waals surface area contributed by atoms with Crippen LogP contribution in [-0.2, 0) is 0 Å². The number of pyridine rings is 1. The molecule has 0 aliphatic rings. The predicted molar refractivity (Wildman–Crippen MR) is 72.7 cm³/mol. The van der Waals surface area contributed by atoms with Crippen molar-refractivity contribution in [3.8, 4) is 0 Å². The minimum atomic E-state index is -0.259. The van der Waals surface area contributed by atoms with Crippen LogP contribution in [0.2, 0.25) is 0 Å². The molecule has 6 nitrogen and oxygen atoms in total. The van der Waals surface area contributed by atoms with Gasteiger partial charge in [0.05, 0.1) is 18.1 Å². The first-order valence-electron chi connectivity index (χ1n) is 5.90. The van der Waals surface area contributed by atoms with E-state index in [4.69, 9.17) is 5.73 Å². The summed E-state index contributed by atoms with van der Waals surface area (Å²) >= 11 is 0. The van der Waals surface area contributed by atoms with Crippen LogP contribution in [0, 0.1) is 0 Å². The Kier molecular flexibility index (Phi) is 3.70. The molecule has 0 bridgehead atoms. The lowest BCUT2D eigenvalue weighted by Gasteiger charge is -2.09. The van der Waals surface area contributed by atoms with Crippen molar-refractivity contribution >= 4 is 17.4 Å². The number of nitrogens with one attached hydrogen (secondary N) is 1. The molecule has 98 valence electrons. The van der Waals surface area contributed by atoms with Gasteiger partial charge in [-0.2, -0.15) is 0 Å². The number of rotatable bonds is 3. The van der Waals surface area contributed by atoms with E-state index in [0.717, 1.165) is 5.69 Å². The number of hydrogen-bond acceptors (Lipinski definition) is 5. The van der Waals surface area contributed by atoms with Crippen LogP contribution < -0.4 is 11.1 Å². The van der Waals surface area contributed by atoms with Gasteiger partial charge in [-0.05, 0) is 18.1 Å². The monoisotopic (exact) mass is 257 g/mol. The molecule has 0 radical (unpaired) electrons. The molecule has 0 fully saturated rings. The van der Waals surface area contributed by atoms with Crippen molar-refractivity contribution in [3.63, 3.8) is 0 Å². The highest BCUT2D eigenvalue weighted by Gasteiger charge is 2.11. The Morgan fingerprint density at radius 1 is 1.26 bits per heavy atom. The van der Waals surface area contributed by atoms with Crippen LogP contribution in [0.1, 0.15) is 35.8 Å². The van der Waals surface area contributed by atoms with Crippen molar-refractivity contribution in [3.05, 3.63) is 42.1 Å². The Hall–Kier alpha value is -2.50. The van der Waals surface area contributed by atoms with Crippen molar-refractivity contribution in [2.24, 2.45) is 0 Å². The lowest BCUT2D eigenvalue weighted by atomic mass is 10.1. The maximum absolute atomic E-state index is 12.1. The van der Waals surface area contributed by atoms with Crippen LogP contribution in [0.3, 0.4) is 0 Å². The standard InChI is InChI=1S/C13H15N5O/c1-8(2)11-3-9(4-12(14)18-11)13(19)17-10-5-15-7-16-6-10/h3-8H,1-2H3,(H2,14,18)(H,17,19). The minimum Gasteiger partial charge on any atom is -0.384 e. The maximum atomic E-state index is 12.1. The molecule has 2 aromatic rings. The lowest BCUT2D eigenvalue weighted by molar-refractivity contribution is 0.102. The Labute approximate surface area is 111 Å². The largest absolute Gasteiger partial charge is 0.384 e. The fourth-order valence-corrected chi connectivity index (χ4v) is 1.57. The molecule has 6 heteroatoms. The topological polar surface area (TPSA) is 93.8 Å². The van der Waals surface area contributed by atoms with E-state index < -0.39 is 0 Å². The molecule has 0 aliphatic heterocycles. The predicted octanol–water partition coefficient (Wildman–Crippen LogP) is 1.83. The number of amides is 1. The van der Waals surface area contributed by atoms with E-state index in [1.165, 1.54) is 18.7 Å².